The molecule has 1 rings (SSSR count). The molecule has 0 aromatic heterocycles. The molecule has 0 spiro atoms. The van der Waals surface area contributed by atoms with Crippen LogP contribution in [-0.4, -0.2) is 30.2 Å². The smallest absolute Gasteiger partial charge is 0.238 e. The number of para-hydroxylation sites is 1. The molecule has 82 valence electrons. The van der Waals surface area contributed by atoms with Crippen LogP contribution < -0.4 is 10.6 Å². The summed E-state index contributed by atoms with van der Waals surface area (Å²) in [5, 5.41) is 14.4. The third kappa shape index (κ3) is 4.58. The van der Waals surface area contributed by atoms with Crippen LogP contribution in [0, 0.1) is 0 Å². The molecular weight excluding hydrogens is 192 g/mol. The molecule has 1 atom stereocenters. The van der Waals surface area contributed by atoms with E-state index < -0.39 is 0 Å². The Bertz CT molecular complexity index is 301. The number of carbonyl (C=O) groups is 1. The summed E-state index contributed by atoms with van der Waals surface area (Å²) in [5.74, 6) is -0.110. The van der Waals surface area contributed by atoms with Crippen LogP contribution in [0.25, 0.3) is 0 Å². The molecular formula is C11H16N2O2. The molecule has 0 radical (unpaired) electrons. The Morgan fingerprint density at radius 3 is 2.67 bits per heavy atom. The normalized spacial score (nSPS) is 12.1. The van der Waals surface area contributed by atoms with Crippen LogP contribution in [-0.2, 0) is 4.79 Å². The molecule has 1 aromatic rings. The number of amides is 1. The third-order valence-electron chi connectivity index (χ3n) is 1.94. The molecule has 1 unspecified atom stereocenters. The van der Waals surface area contributed by atoms with Crippen LogP contribution in [0.4, 0.5) is 5.69 Å². The first-order valence-corrected chi connectivity index (χ1v) is 4.91. The number of aliphatic hydroxyl groups is 1. The van der Waals surface area contributed by atoms with Gasteiger partial charge in [-0.3, -0.25) is 4.79 Å². The van der Waals surface area contributed by atoms with Crippen molar-refractivity contribution in [2.45, 2.75) is 13.0 Å². The molecule has 0 heterocycles. The van der Waals surface area contributed by atoms with Gasteiger partial charge in [-0.25, -0.2) is 0 Å². The second-order valence-corrected chi connectivity index (χ2v) is 3.38. The van der Waals surface area contributed by atoms with Crippen LogP contribution in [0.5, 0.6) is 0 Å². The molecule has 0 aliphatic carbocycles. The Balaban J connectivity index is 2.31. The quantitative estimate of drug-likeness (QED) is 0.664. The Morgan fingerprint density at radius 2 is 2.07 bits per heavy atom. The lowest BCUT2D eigenvalue weighted by Crippen LogP contribution is -2.36. The maximum absolute atomic E-state index is 11.4. The number of aliphatic hydroxyl groups excluding tert-OH is 1. The molecule has 0 saturated carbocycles. The maximum Gasteiger partial charge on any atom is 0.238 e. The summed E-state index contributed by atoms with van der Waals surface area (Å²) in [5.41, 5.74) is 0.779. The molecule has 3 N–H and O–H groups in total. The van der Waals surface area contributed by atoms with Crippen LogP contribution >= 0.6 is 0 Å². The number of anilines is 1. The molecule has 4 heteroatoms. The van der Waals surface area contributed by atoms with Crippen molar-refractivity contribution >= 4 is 11.6 Å². The van der Waals surface area contributed by atoms with E-state index in [-0.39, 0.29) is 25.1 Å². The zero-order valence-electron chi connectivity index (χ0n) is 8.73. The van der Waals surface area contributed by atoms with Crippen molar-refractivity contribution in [3.63, 3.8) is 0 Å². The standard InChI is InChI=1S/C11H16N2O2/c1-9(8-14)12-7-11(15)13-10-5-3-2-4-6-10/h2-6,9,12,14H,7-8H2,1H3,(H,13,15). The highest BCUT2D eigenvalue weighted by Crippen LogP contribution is 2.03. The highest BCUT2D eigenvalue weighted by molar-refractivity contribution is 5.92. The summed E-state index contributed by atoms with van der Waals surface area (Å²) in [6, 6.07) is 9.20. The average molecular weight is 208 g/mol. The Hall–Kier alpha value is -1.39. The largest absolute Gasteiger partial charge is 0.395 e. The molecule has 0 fully saturated rings. The van der Waals surface area contributed by atoms with Gasteiger partial charge in [0.05, 0.1) is 13.2 Å². The summed E-state index contributed by atoms with van der Waals surface area (Å²) in [6.45, 7) is 2.05. The van der Waals surface area contributed by atoms with Gasteiger partial charge in [0.25, 0.3) is 0 Å². The van der Waals surface area contributed by atoms with E-state index in [1.54, 1.807) is 0 Å². The zero-order valence-corrected chi connectivity index (χ0v) is 8.73. The lowest BCUT2D eigenvalue weighted by atomic mass is 10.3. The van der Waals surface area contributed by atoms with Gasteiger partial charge in [-0.15, -0.1) is 0 Å². The predicted octanol–water partition coefficient (Wildman–Crippen LogP) is 0.595. The number of hydrogen-bond acceptors (Lipinski definition) is 3. The zero-order chi connectivity index (χ0) is 11.1. The third-order valence-corrected chi connectivity index (χ3v) is 1.94. The second-order valence-electron chi connectivity index (χ2n) is 3.38. The fourth-order valence-electron chi connectivity index (χ4n) is 1.06. The van der Waals surface area contributed by atoms with Gasteiger partial charge >= 0.3 is 0 Å². The summed E-state index contributed by atoms with van der Waals surface area (Å²) in [7, 11) is 0. The molecule has 0 saturated heterocycles. The van der Waals surface area contributed by atoms with Crippen LogP contribution in [0.3, 0.4) is 0 Å². The van der Waals surface area contributed by atoms with Crippen molar-refractivity contribution in [2.75, 3.05) is 18.5 Å². The Morgan fingerprint density at radius 1 is 1.40 bits per heavy atom. The Kier molecular flexibility index (Phi) is 4.80. The minimum Gasteiger partial charge on any atom is -0.395 e. The van der Waals surface area contributed by atoms with E-state index in [9.17, 15) is 4.79 Å². The monoisotopic (exact) mass is 208 g/mol. The molecule has 0 aliphatic rings. The summed E-state index contributed by atoms with van der Waals surface area (Å²) < 4.78 is 0. The fraction of sp³-hybridized carbons (Fsp3) is 0.364. The van der Waals surface area contributed by atoms with Gasteiger partial charge < -0.3 is 15.7 Å². The molecule has 4 nitrogen and oxygen atoms in total. The highest BCUT2D eigenvalue weighted by atomic mass is 16.3. The lowest BCUT2D eigenvalue weighted by molar-refractivity contribution is -0.115. The number of benzene rings is 1. The van der Waals surface area contributed by atoms with Crippen molar-refractivity contribution in [3.05, 3.63) is 30.3 Å². The molecule has 1 aromatic carbocycles. The summed E-state index contributed by atoms with van der Waals surface area (Å²) in [4.78, 5) is 11.4. The van der Waals surface area contributed by atoms with E-state index in [0.29, 0.717) is 0 Å². The molecule has 0 aliphatic heterocycles. The number of carbonyl (C=O) groups excluding carboxylic acids is 1. The predicted molar refractivity (Wildman–Crippen MR) is 59.6 cm³/mol. The van der Waals surface area contributed by atoms with Gasteiger partial charge in [0, 0.05) is 11.7 Å². The average Bonchev–Trinajstić information content (AvgIpc) is 2.27. The minimum atomic E-state index is -0.110. The number of nitrogens with one attached hydrogen (secondary N) is 2. The van der Waals surface area contributed by atoms with E-state index in [1.165, 1.54) is 0 Å². The van der Waals surface area contributed by atoms with E-state index in [1.807, 2.05) is 37.3 Å². The van der Waals surface area contributed by atoms with Gasteiger partial charge in [0.15, 0.2) is 0 Å². The van der Waals surface area contributed by atoms with Crippen LogP contribution in [0.2, 0.25) is 0 Å². The second kappa shape index (κ2) is 6.16. The number of rotatable bonds is 5. The molecule has 1 amide bonds. The summed E-state index contributed by atoms with van der Waals surface area (Å²) in [6.07, 6.45) is 0. The van der Waals surface area contributed by atoms with E-state index in [4.69, 9.17) is 5.11 Å². The first kappa shape index (κ1) is 11.7. The lowest BCUT2D eigenvalue weighted by Gasteiger charge is -2.10. The van der Waals surface area contributed by atoms with E-state index >= 15 is 0 Å². The van der Waals surface area contributed by atoms with Gasteiger partial charge in [0.1, 0.15) is 0 Å². The maximum atomic E-state index is 11.4. The van der Waals surface area contributed by atoms with Crippen molar-refractivity contribution in [1.82, 2.24) is 5.32 Å². The van der Waals surface area contributed by atoms with Gasteiger partial charge in [-0.2, -0.15) is 0 Å². The van der Waals surface area contributed by atoms with Crippen LogP contribution in [0.15, 0.2) is 30.3 Å². The summed E-state index contributed by atoms with van der Waals surface area (Å²) >= 11 is 0. The Labute approximate surface area is 89.3 Å². The number of hydrogen-bond donors (Lipinski definition) is 3. The van der Waals surface area contributed by atoms with E-state index in [0.717, 1.165) is 5.69 Å². The fourth-order valence-corrected chi connectivity index (χ4v) is 1.06. The first-order chi connectivity index (χ1) is 7.22. The van der Waals surface area contributed by atoms with Gasteiger partial charge in [0.2, 0.25) is 5.91 Å². The van der Waals surface area contributed by atoms with Crippen molar-refractivity contribution in [3.8, 4) is 0 Å². The van der Waals surface area contributed by atoms with Crippen molar-refractivity contribution in [1.29, 1.82) is 0 Å². The van der Waals surface area contributed by atoms with Gasteiger partial charge in [-0.05, 0) is 19.1 Å². The first-order valence-electron chi connectivity index (χ1n) is 4.91. The highest BCUT2D eigenvalue weighted by Gasteiger charge is 2.04. The van der Waals surface area contributed by atoms with E-state index in [2.05, 4.69) is 10.6 Å². The minimum absolute atomic E-state index is 0.0264. The van der Waals surface area contributed by atoms with Crippen molar-refractivity contribution in [2.24, 2.45) is 0 Å². The van der Waals surface area contributed by atoms with Gasteiger partial charge in [-0.1, -0.05) is 18.2 Å². The molecule has 15 heavy (non-hydrogen) atoms. The molecule has 0 bridgehead atoms. The topological polar surface area (TPSA) is 61.4 Å². The van der Waals surface area contributed by atoms with Crippen molar-refractivity contribution < 1.29 is 9.90 Å². The van der Waals surface area contributed by atoms with Crippen LogP contribution in [0.1, 0.15) is 6.92 Å². The SMILES string of the molecule is CC(CO)NCC(=O)Nc1ccccc1.